The van der Waals surface area contributed by atoms with E-state index in [2.05, 4.69) is 46.1 Å². The molecule has 0 atom stereocenters. The van der Waals surface area contributed by atoms with Crippen LogP contribution in [0.15, 0.2) is 102 Å². The number of para-hydroxylation sites is 2. The van der Waals surface area contributed by atoms with E-state index in [0.29, 0.717) is 11.6 Å². The molecule has 142 valence electrons. The number of anilines is 3. The maximum Gasteiger partial charge on any atom is 0.174 e. The number of hydrogen-bond acceptors (Lipinski definition) is 5. The van der Waals surface area contributed by atoms with Gasteiger partial charge in [0.15, 0.2) is 11.6 Å². The van der Waals surface area contributed by atoms with Crippen molar-refractivity contribution in [3.8, 4) is 0 Å². The van der Waals surface area contributed by atoms with Gasteiger partial charge in [-0.2, -0.15) is 0 Å². The number of rotatable bonds is 2. The monoisotopic (exact) mass is 396 g/mol. The first kappa shape index (κ1) is 18.8. The van der Waals surface area contributed by atoms with Crippen LogP contribution in [0.5, 0.6) is 0 Å². The van der Waals surface area contributed by atoms with Crippen molar-refractivity contribution in [3.63, 3.8) is 0 Å². The highest BCUT2D eigenvalue weighted by atomic mass is 32.1. The first-order chi connectivity index (χ1) is 14.2. The molecule has 3 N–H and O–H groups in total. The molecule has 0 radical (unpaired) electrons. The molecule has 0 saturated carbocycles. The van der Waals surface area contributed by atoms with Gasteiger partial charge in [-0.15, -0.1) is 12.6 Å². The van der Waals surface area contributed by atoms with Gasteiger partial charge in [0.25, 0.3) is 0 Å². The second-order valence-electron chi connectivity index (χ2n) is 6.43. The molecule has 0 aliphatic carbocycles. The van der Waals surface area contributed by atoms with Gasteiger partial charge >= 0.3 is 0 Å². The van der Waals surface area contributed by atoms with Crippen LogP contribution in [0.4, 0.5) is 17.3 Å². The van der Waals surface area contributed by atoms with Crippen LogP contribution in [-0.4, -0.2) is 9.97 Å². The van der Waals surface area contributed by atoms with Gasteiger partial charge in [0, 0.05) is 16.0 Å². The molecule has 5 heteroatoms. The summed E-state index contributed by atoms with van der Waals surface area (Å²) in [7, 11) is 0. The summed E-state index contributed by atoms with van der Waals surface area (Å²) in [5.41, 5.74) is 8.62. The van der Waals surface area contributed by atoms with E-state index < -0.39 is 0 Å². The SMILES string of the molecule is Nc1nc2ccccc2nc1Nc1cccc2ccccc12.Sc1ccccc1. The van der Waals surface area contributed by atoms with E-state index in [1.807, 2.05) is 78.9 Å². The molecule has 0 aliphatic heterocycles. The smallest absolute Gasteiger partial charge is 0.174 e. The van der Waals surface area contributed by atoms with E-state index >= 15 is 0 Å². The Kier molecular flexibility index (Phi) is 5.59. The lowest BCUT2D eigenvalue weighted by Crippen LogP contribution is -2.02. The number of nitrogens with two attached hydrogens (primary N) is 1. The Morgan fingerprint density at radius 1 is 0.655 bits per heavy atom. The van der Waals surface area contributed by atoms with Crippen molar-refractivity contribution in [2.24, 2.45) is 0 Å². The third-order valence-electron chi connectivity index (χ3n) is 4.40. The van der Waals surface area contributed by atoms with E-state index in [4.69, 9.17) is 5.73 Å². The molecule has 5 aromatic rings. The quantitative estimate of drug-likeness (QED) is 0.316. The number of nitrogen functional groups attached to an aromatic ring is 1. The van der Waals surface area contributed by atoms with E-state index in [1.165, 1.54) is 5.39 Å². The Morgan fingerprint density at radius 2 is 1.28 bits per heavy atom. The van der Waals surface area contributed by atoms with Gasteiger partial charge in [0.2, 0.25) is 0 Å². The van der Waals surface area contributed by atoms with Crippen LogP contribution in [0.1, 0.15) is 0 Å². The van der Waals surface area contributed by atoms with Gasteiger partial charge in [-0.05, 0) is 35.7 Å². The van der Waals surface area contributed by atoms with E-state index in [9.17, 15) is 0 Å². The summed E-state index contributed by atoms with van der Waals surface area (Å²) in [4.78, 5) is 10.00. The Labute approximate surface area is 174 Å². The summed E-state index contributed by atoms with van der Waals surface area (Å²) in [5, 5.41) is 5.60. The lowest BCUT2D eigenvalue weighted by atomic mass is 10.1. The Balaban J connectivity index is 0.000000249. The van der Waals surface area contributed by atoms with Gasteiger partial charge in [-0.1, -0.05) is 66.7 Å². The van der Waals surface area contributed by atoms with Gasteiger partial charge in [0.05, 0.1) is 11.0 Å². The second kappa shape index (κ2) is 8.63. The molecule has 0 spiro atoms. The summed E-state index contributed by atoms with van der Waals surface area (Å²) in [6.45, 7) is 0. The van der Waals surface area contributed by atoms with E-state index in [1.54, 1.807) is 0 Å². The predicted molar refractivity (Wildman–Crippen MR) is 125 cm³/mol. The van der Waals surface area contributed by atoms with Crippen LogP contribution in [0.25, 0.3) is 21.8 Å². The number of nitrogens with zero attached hydrogens (tertiary/aromatic N) is 2. The van der Waals surface area contributed by atoms with Crippen molar-refractivity contribution in [2.45, 2.75) is 4.90 Å². The van der Waals surface area contributed by atoms with Crippen molar-refractivity contribution in [2.75, 3.05) is 11.1 Å². The largest absolute Gasteiger partial charge is 0.381 e. The standard InChI is InChI=1S/C18H14N4.C6H6S/c19-17-18(22-16-10-4-3-9-15(16)20-17)21-14-11-5-7-12-6-1-2-8-13(12)14;7-6-4-2-1-3-5-6/h1-11H,(H2,19,20)(H,21,22);1-5,7H. The van der Waals surface area contributed by atoms with Gasteiger partial charge in [-0.25, -0.2) is 9.97 Å². The van der Waals surface area contributed by atoms with Crippen LogP contribution in [-0.2, 0) is 0 Å². The van der Waals surface area contributed by atoms with Crippen molar-refractivity contribution >= 4 is 51.8 Å². The predicted octanol–water partition coefficient (Wildman–Crippen LogP) is 6.08. The molecule has 0 bridgehead atoms. The van der Waals surface area contributed by atoms with Crippen molar-refractivity contribution in [1.29, 1.82) is 0 Å². The fraction of sp³-hybridized carbons (Fsp3) is 0. The highest BCUT2D eigenvalue weighted by Crippen LogP contribution is 2.28. The highest BCUT2D eigenvalue weighted by Gasteiger charge is 2.07. The maximum atomic E-state index is 6.04. The molecule has 29 heavy (non-hydrogen) atoms. The molecule has 0 fully saturated rings. The van der Waals surface area contributed by atoms with Crippen LogP contribution >= 0.6 is 12.6 Å². The van der Waals surface area contributed by atoms with Crippen LogP contribution in [0.2, 0.25) is 0 Å². The summed E-state index contributed by atoms with van der Waals surface area (Å²) in [6, 6.07) is 31.8. The number of benzene rings is 4. The first-order valence-corrected chi connectivity index (χ1v) is 9.66. The lowest BCUT2D eigenvalue weighted by Gasteiger charge is -2.11. The number of thiol groups is 1. The van der Waals surface area contributed by atoms with E-state index in [-0.39, 0.29) is 0 Å². The summed E-state index contributed by atoms with van der Waals surface area (Å²) in [6.07, 6.45) is 0. The molecule has 4 nitrogen and oxygen atoms in total. The lowest BCUT2D eigenvalue weighted by molar-refractivity contribution is 1.29. The topological polar surface area (TPSA) is 63.8 Å². The molecule has 1 heterocycles. The molecule has 0 saturated heterocycles. The second-order valence-corrected chi connectivity index (χ2v) is 6.95. The molecular formula is C24H20N4S. The molecular weight excluding hydrogens is 376 g/mol. The number of fused-ring (bicyclic) bond motifs is 2. The molecule has 0 unspecified atom stereocenters. The maximum absolute atomic E-state index is 6.04. The summed E-state index contributed by atoms with van der Waals surface area (Å²) in [5.74, 6) is 0.974. The fourth-order valence-electron chi connectivity index (χ4n) is 3.00. The van der Waals surface area contributed by atoms with Crippen LogP contribution < -0.4 is 11.1 Å². The molecule has 1 aromatic heterocycles. The Bertz CT molecular complexity index is 1250. The van der Waals surface area contributed by atoms with Crippen molar-refractivity contribution < 1.29 is 0 Å². The highest BCUT2D eigenvalue weighted by molar-refractivity contribution is 7.80. The normalized spacial score (nSPS) is 10.4. The summed E-state index contributed by atoms with van der Waals surface area (Å²) < 4.78 is 0. The van der Waals surface area contributed by atoms with Crippen molar-refractivity contribution in [3.05, 3.63) is 97.1 Å². The van der Waals surface area contributed by atoms with Gasteiger partial charge < -0.3 is 11.1 Å². The molecule has 4 aromatic carbocycles. The van der Waals surface area contributed by atoms with Crippen molar-refractivity contribution in [1.82, 2.24) is 9.97 Å². The minimum absolute atomic E-state index is 0.395. The van der Waals surface area contributed by atoms with Crippen LogP contribution in [0.3, 0.4) is 0 Å². The Hall–Kier alpha value is -3.57. The zero-order valence-electron chi connectivity index (χ0n) is 15.7. The average molecular weight is 397 g/mol. The number of hydrogen-bond donors (Lipinski definition) is 3. The van der Waals surface area contributed by atoms with Gasteiger partial charge in [0.1, 0.15) is 0 Å². The third-order valence-corrected chi connectivity index (χ3v) is 4.69. The number of aromatic nitrogens is 2. The molecule has 5 rings (SSSR count). The third kappa shape index (κ3) is 4.47. The minimum atomic E-state index is 0.395. The van der Waals surface area contributed by atoms with Crippen LogP contribution in [0, 0.1) is 0 Å². The van der Waals surface area contributed by atoms with E-state index in [0.717, 1.165) is 27.0 Å². The Morgan fingerprint density at radius 3 is 2.00 bits per heavy atom. The minimum Gasteiger partial charge on any atom is -0.381 e. The molecule has 0 amide bonds. The zero-order valence-corrected chi connectivity index (χ0v) is 16.6. The number of nitrogens with one attached hydrogen (secondary N) is 1. The first-order valence-electron chi connectivity index (χ1n) is 9.22. The zero-order chi connectivity index (χ0) is 20.1. The van der Waals surface area contributed by atoms with Gasteiger partial charge in [-0.3, -0.25) is 0 Å². The average Bonchev–Trinajstić information content (AvgIpc) is 2.75. The fourth-order valence-corrected chi connectivity index (χ4v) is 3.17. The summed E-state index contributed by atoms with van der Waals surface area (Å²) >= 11 is 4.08. The molecule has 0 aliphatic rings.